The number of alkyl halides is 3. The van der Waals surface area contributed by atoms with E-state index < -0.39 is 18.4 Å². The van der Waals surface area contributed by atoms with Gasteiger partial charge in [0, 0.05) is 31.2 Å². The van der Waals surface area contributed by atoms with Gasteiger partial charge < -0.3 is 4.57 Å². The van der Waals surface area contributed by atoms with Crippen molar-refractivity contribution >= 4 is 16.8 Å². The Kier molecular flexibility index (Phi) is 2.65. The molecule has 0 N–H and O–H groups in total. The van der Waals surface area contributed by atoms with E-state index >= 15 is 0 Å². The van der Waals surface area contributed by atoms with Crippen molar-refractivity contribution < 1.29 is 18.0 Å². The first-order chi connectivity index (χ1) is 7.89. The second-order valence-corrected chi connectivity index (χ2v) is 3.74. The summed E-state index contributed by atoms with van der Waals surface area (Å²) in [6, 6.07) is 3.28. The average molecular weight is 242 g/mol. The number of ketones is 1. The minimum absolute atomic E-state index is 0.345. The first kappa shape index (κ1) is 11.6. The van der Waals surface area contributed by atoms with Gasteiger partial charge in [0.1, 0.15) is 5.65 Å². The van der Waals surface area contributed by atoms with Gasteiger partial charge in [0.05, 0.1) is 0 Å². The van der Waals surface area contributed by atoms with Crippen LogP contribution >= 0.6 is 0 Å². The minimum atomic E-state index is -4.79. The van der Waals surface area contributed by atoms with Crippen LogP contribution in [0.3, 0.4) is 0 Å². The molecule has 0 unspecified atom stereocenters. The highest BCUT2D eigenvalue weighted by Gasteiger charge is 2.38. The van der Waals surface area contributed by atoms with Crippen LogP contribution in [0.5, 0.6) is 0 Å². The summed E-state index contributed by atoms with van der Waals surface area (Å²) >= 11 is 0. The van der Waals surface area contributed by atoms with Gasteiger partial charge in [-0.3, -0.25) is 4.79 Å². The van der Waals surface area contributed by atoms with Crippen LogP contribution in [-0.4, -0.2) is 21.5 Å². The van der Waals surface area contributed by atoms with E-state index in [2.05, 4.69) is 4.98 Å². The molecular weight excluding hydrogens is 233 g/mol. The van der Waals surface area contributed by atoms with Gasteiger partial charge >= 0.3 is 6.18 Å². The van der Waals surface area contributed by atoms with Crippen LogP contribution in [0.25, 0.3) is 11.0 Å². The van der Waals surface area contributed by atoms with Gasteiger partial charge in [-0.05, 0) is 17.7 Å². The lowest BCUT2D eigenvalue weighted by Crippen LogP contribution is -2.24. The minimum Gasteiger partial charge on any atom is -0.335 e. The van der Waals surface area contributed by atoms with Crippen LogP contribution in [0.4, 0.5) is 13.2 Å². The molecule has 0 aromatic carbocycles. The molecule has 0 aliphatic carbocycles. The number of nitrogens with zero attached hydrogens (tertiary/aromatic N) is 2. The number of fused-ring (bicyclic) bond motifs is 1. The number of aromatic nitrogens is 2. The van der Waals surface area contributed by atoms with Crippen molar-refractivity contribution in [3.63, 3.8) is 0 Å². The molecule has 6 heteroatoms. The Morgan fingerprint density at radius 3 is 2.82 bits per heavy atom. The Morgan fingerprint density at radius 2 is 2.18 bits per heavy atom. The van der Waals surface area contributed by atoms with Crippen molar-refractivity contribution in [2.75, 3.05) is 0 Å². The molecule has 17 heavy (non-hydrogen) atoms. The van der Waals surface area contributed by atoms with Crippen LogP contribution in [0.15, 0.2) is 24.5 Å². The Labute approximate surface area is 94.9 Å². The molecule has 0 atom stereocenters. The van der Waals surface area contributed by atoms with E-state index in [9.17, 15) is 18.0 Å². The maximum absolute atomic E-state index is 12.2. The molecule has 0 spiro atoms. The summed E-state index contributed by atoms with van der Waals surface area (Å²) in [5.74, 6) is -1.74. The number of pyridine rings is 1. The van der Waals surface area contributed by atoms with Crippen molar-refractivity contribution in [3.05, 3.63) is 30.1 Å². The number of Topliss-reactive ketones (excluding diaryl/α,β-unsaturated/α-hetero) is 1. The number of hydrogen-bond acceptors (Lipinski definition) is 2. The fraction of sp³-hybridized carbons (Fsp3) is 0.273. The molecule has 2 rings (SSSR count). The smallest absolute Gasteiger partial charge is 0.335 e. The van der Waals surface area contributed by atoms with Crippen molar-refractivity contribution in [2.24, 2.45) is 7.05 Å². The summed E-state index contributed by atoms with van der Waals surface area (Å²) in [6.07, 6.45) is -2.38. The molecule has 0 amide bonds. The van der Waals surface area contributed by atoms with Crippen molar-refractivity contribution in [1.29, 1.82) is 0 Å². The first-order valence-electron chi connectivity index (χ1n) is 4.88. The highest BCUT2D eigenvalue weighted by atomic mass is 19.4. The van der Waals surface area contributed by atoms with Crippen LogP contribution < -0.4 is 0 Å². The van der Waals surface area contributed by atoms with Crippen LogP contribution in [0.2, 0.25) is 0 Å². The van der Waals surface area contributed by atoms with Gasteiger partial charge in [-0.15, -0.1) is 0 Å². The summed E-state index contributed by atoms with van der Waals surface area (Å²) in [7, 11) is 1.68. The topological polar surface area (TPSA) is 34.9 Å². The molecular formula is C11H9F3N2O. The molecule has 3 nitrogen and oxygen atoms in total. The fourth-order valence-corrected chi connectivity index (χ4v) is 1.71. The van der Waals surface area contributed by atoms with Crippen molar-refractivity contribution in [1.82, 2.24) is 9.55 Å². The summed E-state index contributed by atoms with van der Waals surface area (Å²) < 4.78 is 38.1. The van der Waals surface area contributed by atoms with Crippen LogP contribution in [0, 0.1) is 0 Å². The predicted octanol–water partition coefficient (Wildman–Crippen LogP) is 2.25. The Hall–Kier alpha value is -1.85. The number of rotatable bonds is 2. The summed E-state index contributed by atoms with van der Waals surface area (Å²) in [6.45, 7) is 0. The van der Waals surface area contributed by atoms with Crippen LogP contribution in [-0.2, 0) is 18.3 Å². The molecule has 0 bridgehead atoms. The first-order valence-corrected chi connectivity index (χ1v) is 4.88. The zero-order valence-corrected chi connectivity index (χ0v) is 8.95. The summed E-state index contributed by atoms with van der Waals surface area (Å²) in [5.41, 5.74) is 0.912. The lowest BCUT2D eigenvalue weighted by atomic mass is 10.1. The Bertz CT molecular complexity index is 572. The third-order valence-electron chi connectivity index (χ3n) is 2.48. The van der Waals surface area contributed by atoms with Crippen molar-refractivity contribution in [2.45, 2.75) is 12.6 Å². The third kappa shape index (κ3) is 2.15. The van der Waals surface area contributed by atoms with E-state index in [1.165, 1.54) is 6.20 Å². The quantitative estimate of drug-likeness (QED) is 0.809. The molecule has 0 fully saturated rings. The van der Waals surface area contributed by atoms with E-state index in [1.807, 2.05) is 0 Å². The highest BCUT2D eigenvalue weighted by Crippen LogP contribution is 2.23. The van der Waals surface area contributed by atoms with E-state index in [1.54, 1.807) is 29.9 Å². The van der Waals surface area contributed by atoms with E-state index in [4.69, 9.17) is 0 Å². The summed E-state index contributed by atoms with van der Waals surface area (Å²) in [5, 5.41) is 0.576. The van der Waals surface area contributed by atoms with Gasteiger partial charge in [0.2, 0.25) is 5.78 Å². The molecule has 0 saturated heterocycles. The second-order valence-electron chi connectivity index (χ2n) is 3.74. The zero-order valence-electron chi connectivity index (χ0n) is 8.95. The van der Waals surface area contributed by atoms with Crippen molar-refractivity contribution in [3.8, 4) is 0 Å². The largest absolute Gasteiger partial charge is 0.450 e. The fourth-order valence-electron chi connectivity index (χ4n) is 1.71. The number of carbonyl (C=O) groups excluding carboxylic acids is 1. The Balaban J connectivity index is 2.41. The molecule has 0 saturated carbocycles. The average Bonchev–Trinajstić information content (AvgIpc) is 2.56. The maximum Gasteiger partial charge on any atom is 0.450 e. The van der Waals surface area contributed by atoms with Gasteiger partial charge in [-0.2, -0.15) is 13.2 Å². The standard InChI is InChI=1S/C11H9F3N2O/c1-16-6-7(5-9(17)11(12,13)14)8-3-2-4-15-10(8)16/h2-4,6H,5H2,1H3. The SMILES string of the molecule is Cn1cc(CC(=O)C(F)(F)F)c2cccnc21. The molecule has 2 aromatic heterocycles. The van der Waals surface area contributed by atoms with E-state index in [0.717, 1.165) is 0 Å². The molecule has 90 valence electrons. The molecule has 2 aromatic rings. The molecule has 0 aliphatic rings. The number of hydrogen-bond donors (Lipinski definition) is 0. The number of carbonyl (C=O) groups is 1. The number of aryl methyl sites for hydroxylation is 1. The molecule has 0 radical (unpaired) electrons. The highest BCUT2D eigenvalue weighted by molar-refractivity contribution is 5.91. The van der Waals surface area contributed by atoms with E-state index in [0.29, 0.717) is 16.6 Å². The van der Waals surface area contributed by atoms with Gasteiger partial charge in [-0.1, -0.05) is 0 Å². The van der Waals surface area contributed by atoms with E-state index in [-0.39, 0.29) is 0 Å². The predicted molar refractivity (Wildman–Crippen MR) is 55.5 cm³/mol. The van der Waals surface area contributed by atoms with Gasteiger partial charge in [0.15, 0.2) is 0 Å². The van der Waals surface area contributed by atoms with Gasteiger partial charge in [-0.25, -0.2) is 4.98 Å². The lowest BCUT2D eigenvalue weighted by molar-refractivity contribution is -0.170. The number of halogens is 3. The van der Waals surface area contributed by atoms with Crippen LogP contribution in [0.1, 0.15) is 5.56 Å². The second kappa shape index (κ2) is 3.87. The normalized spacial score (nSPS) is 12.0. The molecule has 0 aliphatic heterocycles. The maximum atomic E-state index is 12.2. The monoisotopic (exact) mass is 242 g/mol. The lowest BCUT2D eigenvalue weighted by Gasteiger charge is -2.03. The third-order valence-corrected chi connectivity index (χ3v) is 2.48. The summed E-state index contributed by atoms with van der Waals surface area (Å²) in [4.78, 5) is 15.0. The zero-order chi connectivity index (χ0) is 12.6. The molecule has 2 heterocycles. The van der Waals surface area contributed by atoms with Gasteiger partial charge in [0.25, 0.3) is 0 Å². The Morgan fingerprint density at radius 1 is 1.47 bits per heavy atom.